The zero-order valence-corrected chi connectivity index (χ0v) is 12.2. The molecule has 0 amide bonds. The van der Waals surface area contributed by atoms with Crippen LogP contribution in [0.2, 0.25) is 0 Å². The lowest BCUT2D eigenvalue weighted by Gasteiger charge is -2.12. The van der Waals surface area contributed by atoms with Crippen molar-refractivity contribution in [2.75, 3.05) is 5.32 Å². The van der Waals surface area contributed by atoms with Crippen LogP contribution in [0.4, 0.5) is 5.69 Å². The van der Waals surface area contributed by atoms with Gasteiger partial charge in [-0.25, -0.2) is 4.98 Å². The molecular formula is C15H18N6. The van der Waals surface area contributed by atoms with E-state index in [1.54, 1.807) is 6.33 Å². The molecule has 1 aromatic carbocycles. The molecule has 0 bridgehead atoms. The number of benzene rings is 1. The predicted molar refractivity (Wildman–Crippen MR) is 81.7 cm³/mol. The minimum atomic E-state index is 0.676. The number of hydrogen-bond acceptors (Lipinski definition) is 4. The Hall–Kier alpha value is -2.63. The van der Waals surface area contributed by atoms with Gasteiger partial charge in [-0.1, -0.05) is 12.1 Å². The lowest BCUT2D eigenvalue weighted by Crippen LogP contribution is -2.08. The van der Waals surface area contributed by atoms with Gasteiger partial charge < -0.3 is 14.5 Å². The van der Waals surface area contributed by atoms with E-state index >= 15 is 0 Å². The Balaban J connectivity index is 1.85. The number of aryl methyl sites for hydroxylation is 2. The van der Waals surface area contributed by atoms with Crippen LogP contribution in [0.1, 0.15) is 12.7 Å². The van der Waals surface area contributed by atoms with Crippen molar-refractivity contribution < 1.29 is 0 Å². The molecule has 3 rings (SSSR count). The molecule has 21 heavy (non-hydrogen) atoms. The fraction of sp³-hybridized carbons (Fsp3) is 0.267. The van der Waals surface area contributed by atoms with Crippen LogP contribution in [0.3, 0.4) is 0 Å². The second kappa shape index (κ2) is 5.78. The minimum absolute atomic E-state index is 0.676. The standard InChI is InChI=1S/C15H18N6/c1-3-21-9-8-16-14(21)10-17-13-7-5-4-6-12(13)15-19-18-11-20(15)2/h4-9,11,17H,3,10H2,1-2H3. The summed E-state index contributed by atoms with van der Waals surface area (Å²) in [5, 5.41) is 11.6. The molecule has 0 radical (unpaired) electrons. The van der Waals surface area contributed by atoms with Crippen molar-refractivity contribution in [3.63, 3.8) is 0 Å². The van der Waals surface area contributed by atoms with Crippen molar-refractivity contribution >= 4 is 5.69 Å². The summed E-state index contributed by atoms with van der Waals surface area (Å²) in [7, 11) is 1.94. The molecule has 108 valence electrons. The minimum Gasteiger partial charge on any atom is -0.377 e. The number of nitrogens with zero attached hydrogens (tertiary/aromatic N) is 5. The first-order chi connectivity index (χ1) is 10.3. The van der Waals surface area contributed by atoms with Crippen LogP contribution in [0, 0.1) is 0 Å². The topological polar surface area (TPSA) is 60.6 Å². The van der Waals surface area contributed by atoms with Crippen LogP contribution in [-0.2, 0) is 20.1 Å². The lowest BCUT2D eigenvalue weighted by molar-refractivity contribution is 0.708. The SMILES string of the molecule is CCn1ccnc1CNc1ccccc1-c1nncn1C. The summed E-state index contributed by atoms with van der Waals surface area (Å²) in [4.78, 5) is 4.38. The van der Waals surface area contributed by atoms with Gasteiger partial charge >= 0.3 is 0 Å². The second-order valence-electron chi connectivity index (χ2n) is 4.79. The number of anilines is 1. The number of para-hydroxylation sites is 1. The number of aromatic nitrogens is 5. The lowest BCUT2D eigenvalue weighted by atomic mass is 10.1. The van der Waals surface area contributed by atoms with Gasteiger partial charge in [-0.15, -0.1) is 10.2 Å². The zero-order valence-electron chi connectivity index (χ0n) is 12.2. The van der Waals surface area contributed by atoms with Crippen LogP contribution in [-0.4, -0.2) is 24.3 Å². The Labute approximate surface area is 123 Å². The Morgan fingerprint density at radius 3 is 2.86 bits per heavy atom. The monoisotopic (exact) mass is 282 g/mol. The maximum Gasteiger partial charge on any atom is 0.165 e. The average Bonchev–Trinajstić information content (AvgIpc) is 3.13. The molecule has 0 aliphatic carbocycles. The highest BCUT2D eigenvalue weighted by molar-refractivity contribution is 5.73. The van der Waals surface area contributed by atoms with Crippen molar-refractivity contribution in [3.8, 4) is 11.4 Å². The summed E-state index contributed by atoms with van der Waals surface area (Å²) >= 11 is 0. The van der Waals surface area contributed by atoms with Gasteiger partial charge in [0, 0.05) is 37.2 Å². The van der Waals surface area contributed by atoms with Gasteiger partial charge in [-0.2, -0.15) is 0 Å². The molecule has 6 heteroatoms. The Morgan fingerprint density at radius 1 is 1.24 bits per heavy atom. The zero-order chi connectivity index (χ0) is 14.7. The predicted octanol–water partition coefficient (Wildman–Crippen LogP) is 2.31. The van der Waals surface area contributed by atoms with E-state index in [2.05, 4.69) is 32.0 Å². The molecule has 0 saturated heterocycles. The highest BCUT2D eigenvalue weighted by Crippen LogP contribution is 2.25. The first kappa shape index (κ1) is 13.4. The molecule has 0 aliphatic rings. The molecule has 0 atom stereocenters. The van der Waals surface area contributed by atoms with Crippen LogP contribution in [0.15, 0.2) is 43.0 Å². The molecule has 3 aromatic rings. The maximum absolute atomic E-state index is 4.38. The molecule has 0 spiro atoms. The summed E-state index contributed by atoms with van der Waals surface area (Å²) in [5.74, 6) is 1.86. The van der Waals surface area contributed by atoms with Gasteiger partial charge in [0.05, 0.1) is 6.54 Å². The third-order valence-electron chi connectivity index (χ3n) is 3.46. The molecule has 0 saturated carbocycles. The van der Waals surface area contributed by atoms with Gasteiger partial charge in [-0.05, 0) is 19.1 Å². The Kier molecular flexibility index (Phi) is 3.68. The van der Waals surface area contributed by atoms with Crippen molar-refractivity contribution in [1.82, 2.24) is 24.3 Å². The first-order valence-corrected chi connectivity index (χ1v) is 6.97. The van der Waals surface area contributed by atoms with Crippen molar-refractivity contribution in [3.05, 3.63) is 48.8 Å². The second-order valence-corrected chi connectivity index (χ2v) is 4.79. The maximum atomic E-state index is 4.38. The fourth-order valence-corrected chi connectivity index (χ4v) is 2.33. The molecule has 0 aliphatic heterocycles. The summed E-state index contributed by atoms with van der Waals surface area (Å²) < 4.78 is 4.03. The van der Waals surface area contributed by atoms with E-state index in [0.717, 1.165) is 29.4 Å². The third-order valence-corrected chi connectivity index (χ3v) is 3.46. The highest BCUT2D eigenvalue weighted by atomic mass is 15.2. The summed E-state index contributed by atoms with van der Waals surface area (Å²) in [6.45, 7) is 3.70. The van der Waals surface area contributed by atoms with E-state index in [4.69, 9.17) is 0 Å². The molecule has 1 N–H and O–H groups in total. The number of imidazole rings is 1. The molecule has 6 nitrogen and oxygen atoms in total. The molecular weight excluding hydrogens is 264 g/mol. The number of rotatable bonds is 5. The van der Waals surface area contributed by atoms with Crippen LogP contribution < -0.4 is 5.32 Å². The van der Waals surface area contributed by atoms with E-state index in [-0.39, 0.29) is 0 Å². The third kappa shape index (κ3) is 2.65. The molecule has 2 aromatic heterocycles. The molecule has 0 unspecified atom stereocenters. The Morgan fingerprint density at radius 2 is 2.10 bits per heavy atom. The smallest absolute Gasteiger partial charge is 0.165 e. The number of nitrogens with one attached hydrogen (secondary N) is 1. The van der Waals surface area contributed by atoms with E-state index in [1.807, 2.05) is 48.3 Å². The summed E-state index contributed by atoms with van der Waals surface area (Å²) in [5.41, 5.74) is 2.06. The summed E-state index contributed by atoms with van der Waals surface area (Å²) in [6, 6.07) is 8.10. The van der Waals surface area contributed by atoms with E-state index in [0.29, 0.717) is 6.54 Å². The largest absolute Gasteiger partial charge is 0.377 e. The van der Waals surface area contributed by atoms with Gasteiger partial charge in [0.2, 0.25) is 0 Å². The van der Waals surface area contributed by atoms with Crippen LogP contribution in [0.25, 0.3) is 11.4 Å². The van der Waals surface area contributed by atoms with E-state index < -0.39 is 0 Å². The van der Waals surface area contributed by atoms with E-state index in [1.165, 1.54) is 0 Å². The number of hydrogen-bond donors (Lipinski definition) is 1. The van der Waals surface area contributed by atoms with Gasteiger partial charge in [0.25, 0.3) is 0 Å². The van der Waals surface area contributed by atoms with Gasteiger partial charge in [-0.3, -0.25) is 0 Å². The normalized spacial score (nSPS) is 10.8. The molecule has 2 heterocycles. The van der Waals surface area contributed by atoms with Crippen molar-refractivity contribution in [2.24, 2.45) is 7.05 Å². The molecule has 0 fully saturated rings. The average molecular weight is 282 g/mol. The summed E-state index contributed by atoms with van der Waals surface area (Å²) in [6.07, 6.45) is 5.52. The quantitative estimate of drug-likeness (QED) is 0.780. The highest BCUT2D eigenvalue weighted by Gasteiger charge is 2.10. The van der Waals surface area contributed by atoms with Crippen LogP contribution in [0.5, 0.6) is 0 Å². The van der Waals surface area contributed by atoms with Gasteiger partial charge in [0.15, 0.2) is 5.82 Å². The van der Waals surface area contributed by atoms with Gasteiger partial charge in [0.1, 0.15) is 12.2 Å². The first-order valence-electron chi connectivity index (χ1n) is 6.97. The van der Waals surface area contributed by atoms with Crippen molar-refractivity contribution in [2.45, 2.75) is 20.0 Å². The fourth-order valence-electron chi connectivity index (χ4n) is 2.33. The van der Waals surface area contributed by atoms with Crippen molar-refractivity contribution in [1.29, 1.82) is 0 Å². The Bertz CT molecular complexity index is 727. The van der Waals surface area contributed by atoms with E-state index in [9.17, 15) is 0 Å². The van der Waals surface area contributed by atoms with Crippen LogP contribution >= 0.6 is 0 Å².